The van der Waals surface area contributed by atoms with Crippen LogP contribution in [0.15, 0.2) is 0 Å². The molecule has 0 spiro atoms. The first-order chi connectivity index (χ1) is 9.99. The zero-order valence-corrected chi connectivity index (χ0v) is 13.6. The van der Waals surface area contributed by atoms with Crippen LogP contribution in [0.2, 0.25) is 0 Å². The van der Waals surface area contributed by atoms with Crippen LogP contribution in [0.25, 0.3) is 0 Å². The lowest BCUT2D eigenvalue weighted by Gasteiger charge is -2.32. The summed E-state index contributed by atoms with van der Waals surface area (Å²) in [7, 11) is -3.72. The summed E-state index contributed by atoms with van der Waals surface area (Å²) < 4.78 is 28.1. The predicted molar refractivity (Wildman–Crippen MR) is 82.1 cm³/mol. The number of rotatable bonds is 3. The van der Waals surface area contributed by atoms with Crippen LogP contribution >= 0.6 is 0 Å². The van der Waals surface area contributed by atoms with Crippen LogP contribution in [0.5, 0.6) is 0 Å². The number of nitrogens with zero attached hydrogens (tertiary/aromatic N) is 1. The van der Waals surface area contributed by atoms with Crippen molar-refractivity contribution in [2.24, 2.45) is 0 Å². The Hall–Kier alpha value is -0.820. The molecule has 2 amide bonds. The van der Waals surface area contributed by atoms with Crippen molar-refractivity contribution in [1.29, 1.82) is 0 Å². The van der Waals surface area contributed by atoms with Gasteiger partial charge in [0.05, 0.1) is 0 Å². The second kappa shape index (κ2) is 7.45. The van der Waals surface area contributed by atoms with Crippen molar-refractivity contribution in [1.82, 2.24) is 14.3 Å². The van der Waals surface area contributed by atoms with Crippen LogP contribution < -0.4 is 10.0 Å². The summed E-state index contributed by atoms with van der Waals surface area (Å²) in [5.41, 5.74) is 0. The number of hydrogen-bond acceptors (Lipinski definition) is 3. The Bertz CT molecular complexity index is 444. The third-order valence-electron chi connectivity index (χ3n) is 4.46. The van der Waals surface area contributed by atoms with Gasteiger partial charge in [-0.1, -0.05) is 32.1 Å². The molecule has 1 aliphatic carbocycles. The van der Waals surface area contributed by atoms with Gasteiger partial charge in [0.2, 0.25) is 0 Å². The minimum atomic E-state index is -3.72. The van der Waals surface area contributed by atoms with Crippen LogP contribution in [0.1, 0.15) is 64.7 Å². The zero-order chi connectivity index (χ0) is 15.3. The van der Waals surface area contributed by atoms with Crippen molar-refractivity contribution in [3.8, 4) is 0 Å². The van der Waals surface area contributed by atoms with Gasteiger partial charge in [0.25, 0.3) is 0 Å². The van der Waals surface area contributed by atoms with Crippen molar-refractivity contribution in [2.45, 2.75) is 76.8 Å². The lowest BCUT2D eigenvalue weighted by atomic mass is 10.1. The van der Waals surface area contributed by atoms with Crippen molar-refractivity contribution in [3.05, 3.63) is 0 Å². The number of carbonyl (C=O) groups is 1. The smallest absolute Gasteiger partial charge is 0.329 e. The van der Waals surface area contributed by atoms with E-state index in [-0.39, 0.29) is 12.1 Å². The first kappa shape index (κ1) is 16.5. The molecular weight excluding hydrogens is 290 g/mol. The highest BCUT2D eigenvalue weighted by Gasteiger charge is 2.31. The summed E-state index contributed by atoms with van der Waals surface area (Å²) in [5, 5.41) is 2.81. The molecule has 0 aromatic carbocycles. The molecule has 1 atom stereocenters. The van der Waals surface area contributed by atoms with Gasteiger partial charge in [0, 0.05) is 18.6 Å². The molecule has 0 radical (unpaired) electrons. The molecule has 2 aliphatic rings. The molecule has 1 unspecified atom stereocenters. The normalized spacial score (nSPS) is 26.0. The van der Waals surface area contributed by atoms with E-state index in [1.165, 1.54) is 17.1 Å². The Morgan fingerprint density at radius 1 is 1.00 bits per heavy atom. The van der Waals surface area contributed by atoms with E-state index in [2.05, 4.69) is 10.0 Å². The van der Waals surface area contributed by atoms with E-state index < -0.39 is 16.2 Å². The molecule has 1 heterocycles. The predicted octanol–water partition coefficient (Wildman–Crippen LogP) is 2.13. The molecule has 122 valence electrons. The van der Waals surface area contributed by atoms with Gasteiger partial charge >= 0.3 is 16.2 Å². The van der Waals surface area contributed by atoms with E-state index in [1.54, 1.807) is 0 Å². The van der Waals surface area contributed by atoms with E-state index in [4.69, 9.17) is 0 Å². The summed E-state index contributed by atoms with van der Waals surface area (Å²) in [6.07, 6.45) is 9.22. The maximum Gasteiger partial charge on any atom is 0.329 e. The fourth-order valence-corrected chi connectivity index (χ4v) is 4.60. The number of hydrogen-bond donors (Lipinski definition) is 2. The van der Waals surface area contributed by atoms with Crippen LogP contribution in [0.4, 0.5) is 4.79 Å². The fourth-order valence-electron chi connectivity index (χ4n) is 3.24. The molecule has 0 aromatic heterocycles. The summed E-state index contributed by atoms with van der Waals surface area (Å²) in [5.74, 6) is 0. The average molecular weight is 317 g/mol. The van der Waals surface area contributed by atoms with Gasteiger partial charge < -0.3 is 5.32 Å². The van der Waals surface area contributed by atoms with Crippen molar-refractivity contribution < 1.29 is 13.2 Å². The molecule has 1 saturated heterocycles. The Labute approximate surface area is 127 Å². The number of urea groups is 1. The Kier molecular flexibility index (Phi) is 5.87. The van der Waals surface area contributed by atoms with E-state index in [9.17, 15) is 13.2 Å². The monoisotopic (exact) mass is 317 g/mol. The summed E-state index contributed by atoms with van der Waals surface area (Å²) in [6, 6.07) is -0.525. The molecule has 2 rings (SSSR count). The maximum absolute atomic E-state index is 12.3. The Morgan fingerprint density at radius 3 is 2.24 bits per heavy atom. The second-order valence-electron chi connectivity index (χ2n) is 6.22. The van der Waals surface area contributed by atoms with Gasteiger partial charge in [-0.2, -0.15) is 12.7 Å². The van der Waals surface area contributed by atoms with E-state index >= 15 is 0 Å². The number of piperidine rings is 1. The lowest BCUT2D eigenvalue weighted by Crippen LogP contribution is -2.53. The first-order valence-electron chi connectivity index (χ1n) is 8.09. The van der Waals surface area contributed by atoms with Crippen LogP contribution in [-0.2, 0) is 10.2 Å². The quantitative estimate of drug-likeness (QED) is 0.783. The standard InChI is InChI=1S/C14H27N3O3S/c1-12-8-6-7-11-17(12)21(19,20)16-14(18)15-13-9-4-2-3-5-10-13/h12-13H,2-11H2,1H3,(H2,15,16,18). The maximum atomic E-state index is 12.3. The third-order valence-corrected chi connectivity index (χ3v) is 6.07. The first-order valence-corrected chi connectivity index (χ1v) is 9.53. The van der Waals surface area contributed by atoms with E-state index in [0.29, 0.717) is 6.54 Å². The Morgan fingerprint density at radius 2 is 1.62 bits per heavy atom. The van der Waals surface area contributed by atoms with Crippen LogP contribution in [-0.4, -0.2) is 37.4 Å². The topological polar surface area (TPSA) is 78.5 Å². The fraction of sp³-hybridized carbons (Fsp3) is 0.929. The molecule has 21 heavy (non-hydrogen) atoms. The molecule has 2 fully saturated rings. The minimum absolute atomic E-state index is 0.0399. The molecular formula is C14H27N3O3S. The highest BCUT2D eigenvalue weighted by atomic mass is 32.2. The van der Waals surface area contributed by atoms with Gasteiger partial charge in [-0.25, -0.2) is 9.52 Å². The second-order valence-corrected chi connectivity index (χ2v) is 7.85. The molecule has 1 saturated carbocycles. The van der Waals surface area contributed by atoms with Gasteiger partial charge in [-0.3, -0.25) is 0 Å². The van der Waals surface area contributed by atoms with E-state index in [1.807, 2.05) is 6.92 Å². The molecule has 0 bridgehead atoms. The molecule has 2 N–H and O–H groups in total. The molecule has 1 aliphatic heterocycles. The molecule has 7 heteroatoms. The van der Waals surface area contributed by atoms with Crippen LogP contribution in [0, 0.1) is 0 Å². The van der Waals surface area contributed by atoms with Gasteiger partial charge in [0.1, 0.15) is 0 Å². The molecule has 6 nitrogen and oxygen atoms in total. The van der Waals surface area contributed by atoms with E-state index in [0.717, 1.165) is 44.9 Å². The van der Waals surface area contributed by atoms with Crippen LogP contribution in [0.3, 0.4) is 0 Å². The Balaban J connectivity index is 1.88. The average Bonchev–Trinajstić information content (AvgIpc) is 2.66. The van der Waals surface area contributed by atoms with Crippen molar-refractivity contribution in [2.75, 3.05) is 6.54 Å². The number of amides is 2. The lowest BCUT2D eigenvalue weighted by molar-refractivity contribution is 0.236. The van der Waals surface area contributed by atoms with Crippen molar-refractivity contribution >= 4 is 16.2 Å². The summed E-state index contributed by atoms with van der Waals surface area (Å²) in [4.78, 5) is 12.0. The van der Waals surface area contributed by atoms with Gasteiger partial charge in [-0.05, 0) is 32.6 Å². The summed E-state index contributed by atoms with van der Waals surface area (Å²) >= 11 is 0. The van der Waals surface area contributed by atoms with Gasteiger partial charge in [0.15, 0.2) is 0 Å². The molecule has 0 aromatic rings. The minimum Gasteiger partial charge on any atom is -0.335 e. The summed E-state index contributed by atoms with van der Waals surface area (Å²) in [6.45, 7) is 2.38. The highest BCUT2D eigenvalue weighted by Crippen LogP contribution is 2.19. The largest absolute Gasteiger partial charge is 0.335 e. The van der Waals surface area contributed by atoms with Gasteiger partial charge in [-0.15, -0.1) is 0 Å². The zero-order valence-electron chi connectivity index (χ0n) is 12.8. The third kappa shape index (κ3) is 4.85. The van der Waals surface area contributed by atoms with Crippen molar-refractivity contribution in [3.63, 3.8) is 0 Å². The SMILES string of the molecule is CC1CCCCN1S(=O)(=O)NC(=O)NC1CCCCCC1. The number of nitrogens with one attached hydrogen (secondary N) is 2. The number of carbonyl (C=O) groups excluding carboxylic acids is 1. The highest BCUT2D eigenvalue weighted by molar-refractivity contribution is 7.87.